The van der Waals surface area contributed by atoms with Gasteiger partial charge in [0.25, 0.3) is 6.43 Å². The summed E-state index contributed by atoms with van der Waals surface area (Å²) in [6, 6.07) is 1.64. The van der Waals surface area contributed by atoms with Crippen molar-refractivity contribution >= 4 is 12.0 Å². The molecule has 0 aliphatic heterocycles. The molecule has 0 aliphatic rings. The van der Waals surface area contributed by atoms with Crippen LogP contribution in [0.4, 0.5) is 14.5 Å². The molecule has 4 nitrogen and oxygen atoms in total. The van der Waals surface area contributed by atoms with Gasteiger partial charge in [-0.15, -0.1) is 0 Å². The molecule has 0 bridgehead atoms. The van der Waals surface area contributed by atoms with E-state index in [0.29, 0.717) is 0 Å². The van der Waals surface area contributed by atoms with Gasteiger partial charge < -0.3 is 5.73 Å². The van der Waals surface area contributed by atoms with Gasteiger partial charge in [-0.3, -0.25) is 9.78 Å². The monoisotopic (exact) mass is 197 g/mol. The maximum absolute atomic E-state index is 12.3. The number of aldehydes is 1. The molecule has 0 saturated heterocycles. The van der Waals surface area contributed by atoms with E-state index in [-0.39, 0.29) is 17.5 Å². The van der Waals surface area contributed by atoms with E-state index in [4.69, 9.17) is 11.0 Å². The average Bonchev–Trinajstić information content (AvgIpc) is 2.17. The summed E-state index contributed by atoms with van der Waals surface area (Å²) in [7, 11) is 0. The number of nitriles is 1. The highest BCUT2D eigenvalue weighted by Gasteiger charge is 2.18. The summed E-state index contributed by atoms with van der Waals surface area (Å²) in [6.07, 6.45) is -1.79. The van der Waals surface area contributed by atoms with Crippen LogP contribution >= 0.6 is 0 Å². The normalized spacial score (nSPS) is 9.86. The number of aromatic nitrogens is 1. The second-order valence-electron chi connectivity index (χ2n) is 2.41. The summed E-state index contributed by atoms with van der Waals surface area (Å²) in [5, 5.41) is 8.49. The number of pyridine rings is 1. The maximum atomic E-state index is 12.3. The van der Waals surface area contributed by atoms with Crippen molar-refractivity contribution in [1.82, 2.24) is 4.98 Å². The second-order valence-corrected chi connectivity index (χ2v) is 2.41. The second kappa shape index (κ2) is 3.79. The minimum Gasteiger partial charge on any atom is -0.397 e. The first kappa shape index (κ1) is 10.1. The van der Waals surface area contributed by atoms with Crippen molar-refractivity contribution in [1.29, 1.82) is 5.26 Å². The van der Waals surface area contributed by atoms with Crippen molar-refractivity contribution in [3.63, 3.8) is 0 Å². The number of hydrogen-bond donors (Lipinski definition) is 1. The molecule has 0 saturated carbocycles. The highest BCUT2D eigenvalue weighted by atomic mass is 19.3. The van der Waals surface area contributed by atoms with Gasteiger partial charge in [-0.1, -0.05) is 0 Å². The average molecular weight is 197 g/mol. The molecule has 0 unspecified atom stereocenters. The van der Waals surface area contributed by atoms with E-state index in [9.17, 15) is 13.6 Å². The molecule has 0 atom stereocenters. The number of nitrogen functional groups attached to an aromatic ring is 1. The first-order valence-corrected chi connectivity index (χ1v) is 3.53. The van der Waals surface area contributed by atoms with Gasteiger partial charge in [0.1, 0.15) is 11.8 Å². The van der Waals surface area contributed by atoms with Crippen LogP contribution in [0.5, 0.6) is 0 Å². The fourth-order valence-corrected chi connectivity index (χ4v) is 0.943. The third-order valence-electron chi connectivity index (χ3n) is 1.63. The standard InChI is InChI=1S/C8H5F2N3O/c9-8(10)7-5(3-14)6(12)4(1-11)2-13-7/h2-3,8H,(H2,12,13). The molecule has 0 aliphatic carbocycles. The summed E-state index contributed by atoms with van der Waals surface area (Å²) in [5.74, 6) is 0. The summed E-state index contributed by atoms with van der Waals surface area (Å²) in [5.41, 5.74) is 3.86. The van der Waals surface area contributed by atoms with Gasteiger partial charge in [0, 0.05) is 6.20 Å². The van der Waals surface area contributed by atoms with Crippen molar-refractivity contribution in [2.24, 2.45) is 0 Å². The highest BCUT2D eigenvalue weighted by Crippen LogP contribution is 2.25. The Kier molecular flexibility index (Phi) is 2.72. The van der Waals surface area contributed by atoms with E-state index in [1.807, 2.05) is 0 Å². The SMILES string of the molecule is N#Cc1cnc(C(F)F)c(C=O)c1N. The van der Waals surface area contributed by atoms with Gasteiger partial charge in [-0.05, 0) is 0 Å². The van der Waals surface area contributed by atoms with E-state index in [2.05, 4.69) is 4.98 Å². The molecule has 0 spiro atoms. The van der Waals surface area contributed by atoms with Gasteiger partial charge in [-0.2, -0.15) is 5.26 Å². The highest BCUT2D eigenvalue weighted by molar-refractivity contribution is 5.86. The van der Waals surface area contributed by atoms with Crippen molar-refractivity contribution in [2.75, 3.05) is 5.73 Å². The van der Waals surface area contributed by atoms with Crippen LogP contribution in [-0.2, 0) is 0 Å². The van der Waals surface area contributed by atoms with E-state index in [1.165, 1.54) is 0 Å². The predicted octanol–water partition coefficient (Wildman–Crippen LogP) is 1.29. The van der Waals surface area contributed by atoms with Crippen LogP contribution in [0.15, 0.2) is 6.20 Å². The van der Waals surface area contributed by atoms with Gasteiger partial charge >= 0.3 is 0 Å². The Morgan fingerprint density at radius 2 is 2.29 bits per heavy atom. The first-order chi connectivity index (χ1) is 6.61. The molecule has 0 fully saturated rings. The molecule has 0 radical (unpaired) electrons. The lowest BCUT2D eigenvalue weighted by Crippen LogP contribution is -2.05. The smallest absolute Gasteiger partial charge is 0.281 e. The Morgan fingerprint density at radius 3 is 2.71 bits per heavy atom. The van der Waals surface area contributed by atoms with Crippen LogP contribution in [-0.4, -0.2) is 11.3 Å². The lowest BCUT2D eigenvalue weighted by Gasteiger charge is -2.05. The van der Waals surface area contributed by atoms with E-state index >= 15 is 0 Å². The number of carbonyl (C=O) groups is 1. The van der Waals surface area contributed by atoms with E-state index < -0.39 is 17.7 Å². The molecule has 1 heterocycles. The minimum atomic E-state index is -2.88. The molecule has 1 aromatic heterocycles. The van der Waals surface area contributed by atoms with Crippen molar-refractivity contribution in [2.45, 2.75) is 6.43 Å². The molecule has 0 amide bonds. The predicted molar refractivity (Wildman–Crippen MR) is 43.7 cm³/mol. The Hall–Kier alpha value is -2.03. The van der Waals surface area contributed by atoms with Crippen LogP contribution in [0, 0.1) is 11.3 Å². The number of alkyl halides is 2. The number of anilines is 1. The topological polar surface area (TPSA) is 79.8 Å². The molecule has 1 aromatic rings. The number of nitrogens with zero attached hydrogens (tertiary/aromatic N) is 2. The molecule has 72 valence electrons. The number of hydrogen-bond acceptors (Lipinski definition) is 4. The number of nitrogens with two attached hydrogens (primary N) is 1. The van der Waals surface area contributed by atoms with Gasteiger partial charge in [-0.25, -0.2) is 8.78 Å². The lowest BCUT2D eigenvalue weighted by molar-refractivity contribution is 0.110. The lowest BCUT2D eigenvalue weighted by atomic mass is 10.1. The van der Waals surface area contributed by atoms with Gasteiger partial charge in [0.05, 0.1) is 16.8 Å². The molecule has 14 heavy (non-hydrogen) atoms. The summed E-state index contributed by atoms with van der Waals surface area (Å²) >= 11 is 0. The first-order valence-electron chi connectivity index (χ1n) is 3.53. The summed E-state index contributed by atoms with van der Waals surface area (Å²) in [6.45, 7) is 0. The summed E-state index contributed by atoms with van der Waals surface area (Å²) < 4.78 is 24.5. The fraction of sp³-hybridized carbons (Fsp3) is 0.125. The zero-order valence-corrected chi connectivity index (χ0v) is 6.87. The van der Waals surface area contributed by atoms with E-state index in [1.54, 1.807) is 6.07 Å². The largest absolute Gasteiger partial charge is 0.397 e. The number of rotatable bonds is 2. The fourth-order valence-electron chi connectivity index (χ4n) is 0.943. The van der Waals surface area contributed by atoms with Gasteiger partial charge in [0.2, 0.25) is 0 Å². The molecular formula is C8H5F2N3O. The summed E-state index contributed by atoms with van der Waals surface area (Å²) in [4.78, 5) is 13.8. The Morgan fingerprint density at radius 1 is 1.64 bits per heavy atom. The van der Waals surface area contributed by atoms with Crippen molar-refractivity contribution in [3.8, 4) is 6.07 Å². The van der Waals surface area contributed by atoms with Gasteiger partial charge in [0.15, 0.2) is 6.29 Å². The zero-order chi connectivity index (χ0) is 10.7. The Bertz CT molecular complexity index is 412. The molecule has 2 N–H and O–H groups in total. The maximum Gasteiger partial charge on any atom is 0.281 e. The van der Waals surface area contributed by atoms with Crippen LogP contribution in [0.2, 0.25) is 0 Å². The zero-order valence-electron chi connectivity index (χ0n) is 6.87. The Balaban J connectivity index is 3.45. The molecule has 0 aromatic carbocycles. The molecule has 6 heteroatoms. The van der Waals surface area contributed by atoms with Crippen LogP contribution in [0.25, 0.3) is 0 Å². The molecular weight excluding hydrogens is 192 g/mol. The third kappa shape index (κ3) is 1.52. The Labute approximate surface area is 78.0 Å². The van der Waals surface area contributed by atoms with E-state index in [0.717, 1.165) is 6.20 Å². The minimum absolute atomic E-state index is 0.0866. The van der Waals surface area contributed by atoms with Crippen molar-refractivity contribution < 1.29 is 13.6 Å². The van der Waals surface area contributed by atoms with Crippen LogP contribution in [0.3, 0.4) is 0 Å². The third-order valence-corrected chi connectivity index (χ3v) is 1.63. The van der Waals surface area contributed by atoms with Crippen LogP contribution in [0.1, 0.15) is 28.0 Å². The quantitative estimate of drug-likeness (QED) is 0.724. The van der Waals surface area contributed by atoms with Crippen LogP contribution < -0.4 is 5.73 Å². The van der Waals surface area contributed by atoms with Crippen molar-refractivity contribution in [3.05, 3.63) is 23.0 Å². The molecule has 1 rings (SSSR count). The number of carbonyl (C=O) groups excluding carboxylic acids is 1. The number of halogens is 2.